The fraction of sp³-hybridized carbons (Fsp3) is 0.200. The van der Waals surface area contributed by atoms with Crippen molar-refractivity contribution >= 4 is 11.9 Å². The number of aryl methyl sites for hydroxylation is 2. The predicted molar refractivity (Wildman–Crippen MR) is 74.3 cm³/mol. The molecule has 98 valence electrons. The summed E-state index contributed by atoms with van der Waals surface area (Å²) in [6.45, 7) is 1.91. The molecule has 0 atom stereocenters. The minimum absolute atomic E-state index is 0.0362. The van der Waals surface area contributed by atoms with Crippen LogP contribution in [-0.4, -0.2) is 22.7 Å². The van der Waals surface area contributed by atoms with Gasteiger partial charge < -0.3 is 4.74 Å². The number of nitrogens with zero attached hydrogens (tertiary/aromatic N) is 2. The van der Waals surface area contributed by atoms with Crippen molar-refractivity contribution in [3.63, 3.8) is 0 Å². The molecular formula is C15H16N2O2. The SMILES string of the molecule is COc1ccc(C(=O)/C=C/c2cn(C)nc2C)cc1. The van der Waals surface area contributed by atoms with Crippen LogP contribution in [0.2, 0.25) is 0 Å². The standard InChI is InChI=1S/C15H16N2O2/c1-11-13(10-17(2)16-11)6-9-15(18)12-4-7-14(19-3)8-5-12/h4-10H,1-3H3/b9-6+. The lowest BCUT2D eigenvalue weighted by molar-refractivity contribution is 0.104. The van der Waals surface area contributed by atoms with Gasteiger partial charge >= 0.3 is 0 Å². The summed E-state index contributed by atoms with van der Waals surface area (Å²) >= 11 is 0. The third-order valence-corrected chi connectivity index (χ3v) is 2.84. The zero-order valence-corrected chi connectivity index (χ0v) is 11.3. The molecule has 1 aromatic carbocycles. The number of ketones is 1. The first-order valence-electron chi connectivity index (χ1n) is 5.97. The smallest absolute Gasteiger partial charge is 0.185 e. The van der Waals surface area contributed by atoms with E-state index in [1.807, 2.05) is 20.2 Å². The highest BCUT2D eigenvalue weighted by Crippen LogP contribution is 2.13. The number of carbonyl (C=O) groups is 1. The Morgan fingerprint density at radius 3 is 2.53 bits per heavy atom. The molecule has 0 saturated heterocycles. The molecule has 0 aliphatic carbocycles. The summed E-state index contributed by atoms with van der Waals surface area (Å²) < 4.78 is 6.79. The van der Waals surface area contributed by atoms with Gasteiger partial charge in [0.05, 0.1) is 12.8 Å². The van der Waals surface area contributed by atoms with E-state index in [9.17, 15) is 4.79 Å². The number of carbonyl (C=O) groups excluding carboxylic acids is 1. The van der Waals surface area contributed by atoms with Crippen molar-refractivity contribution < 1.29 is 9.53 Å². The molecule has 0 bridgehead atoms. The van der Waals surface area contributed by atoms with E-state index in [2.05, 4.69) is 5.10 Å². The lowest BCUT2D eigenvalue weighted by atomic mass is 10.1. The van der Waals surface area contributed by atoms with Crippen LogP contribution in [0.5, 0.6) is 5.75 Å². The molecule has 0 unspecified atom stereocenters. The van der Waals surface area contributed by atoms with Gasteiger partial charge in [0.2, 0.25) is 0 Å². The number of methoxy groups -OCH3 is 1. The Labute approximate surface area is 112 Å². The summed E-state index contributed by atoms with van der Waals surface area (Å²) in [4.78, 5) is 12.0. The van der Waals surface area contributed by atoms with Crippen LogP contribution >= 0.6 is 0 Å². The van der Waals surface area contributed by atoms with E-state index in [1.54, 1.807) is 48.2 Å². The van der Waals surface area contributed by atoms with Gasteiger partial charge in [0.25, 0.3) is 0 Å². The number of benzene rings is 1. The first-order valence-corrected chi connectivity index (χ1v) is 5.97. The van der Waals surface area contributed by atoms with Gasteiger partial charge in [0.1, 0.15) is 5.75 Å². The molecule has 0 N–H and O–H groups in total. The zero-order chi connectivity index (χ0) is 13.8. The third-order valence-electron chi connectivity index (χ3n) is 2.84. The maximum Gasteiger partial charge on any atom is 0.185 e. The summed E-state index contributed by atoms with van der Waals surface area (Å²) in [7, 11) is 3.46. The number of allylic oxidation sites excluding steroid dienone is 1. The molecule has 2 rings (SSSR count). The van der Waals surface area contributed by atoms with E-state index in [0.29, 0.717) is 5.56 Å². The second-order valence-electron chi connectivity index (χ2n) is 4.27. The summed E-state index contributed by atoms with van der Waals surface area (Å²) in [5, 5.41) is 4.22. The van der Waals surface area contributed by atoms with Crippen molar-refractivity contribution in [2.75, 3.05) is 7.11 Å². The summed E-state index contributed by atoms with van der Waals surface area (Å²) in [5.74, 6) is 0.703. The Balaban J connectivity index is 2.14. The van der Waals surface area contributed by atoms with Crippen LogP contribution in [0.3, 0.4) is 0 Å². The van der Waals surface area contributed by atoms with Gasteiger partial charge in [-0.15, -0.1) is 0 Å². The molecule has 1 heterocycles. The molecular weight excluding hydrogens is 240 g/mol. The average molecular weight is 256 g/mol. The highest BCUT2D eigenvalue weighted by Gasteiger charge is 2.03. The minimum atomic E-state index is -0.0362. The summed E-state index contributed by atoms with van der Waals surface area (Å²) in [6, 6.07) is 7.05. The monoisotopic (exact) mass is 256 g/mol. The third kappa shape index (κ3) is 3.10. The largest absolute Gasteiger partial charge is 0.497 e. The molecule has 0 saturated carbocycles. The predicted octanol–water partition coefficient (Wildman–Crippen LogP) is 2.63. The fourth-order valence-corrected chi connectivity index (χ4v) is 1.80. The van der Waals surface area contributed by atoms with E-state index in [1.165, 1.54) is 0 Å². The van der Waals surface area contributed by atoms with Crippen LogP contribution < -0.4 is 4.74 Å². The number of rotatable bonds is 4. The molecule has 0 amide bonds. The summed E-state index contributed by atoms with van der Waals surface area (Å²) in [5.41, 5.74) is 2.49. The van der Waals surface area contributed by atoms with Crippen LogP contribution in [0, 0.1) is 6.92 Å². The highest BCUT2D eigenvalue weighted by molar-refractivity contribution is 6.06. The molecule has 0 fully saturated rings. The first-order chi connectivity index (χ1) is 9.10. The van der Waals surface area contributed by atoms with Crippen molar-refractivity contribution in [2.24, 2.45) is 7.05 Å². The molecule has 2 aromatic rings. The Kier molecular flexibility index (Phi) is 3.80. The van der Waals surface area contributed by atoms with E-state index in [0.717, 1.165) is 17.0 Å². The lowest BCUT2D eigenvalue weighted by Crippen LogP contribution is -1.94. The van der Waals surface area contributed by atoms with Crippen molar-refractivity contribution in [3.8, 4) is 5.75 Å². The van der Waals surface area contributed by atoms with Crippen molar-refractivity contribution in [1.82, 2.24) is 9.78 Å². The lowest BCUT2D eigenvalue weighted by Gasteiger charge is -1.99. The Bertz CT molecular complexity index is 610. The molecule has 19 heavy (non-hydrogen) atoms. The molecule has 1 aromatic heterocycles. The van der Waals surface area contributed by atoms with Crippen LogP contribution in [0.15, 0.2) is 36.5 Å². The topological polar surface area (TPSA) is 44.1 Å². The Hall–Kier alpha value is -2.36. The van der Waals surface area contributed by atoms with Crippen molar-refractivity contribution in [3.05, 3.63) is 53.4 Å². The van der Waals surface area contributed by atoms with Gasteiger partial charge in [-0.3, -0.25) is 9.48 Å². The van der Waals surface area contributed by atoms with Gasteiger partial charge in [0, 0.05) is 24.4 Å². The number of hydrogen-bond donors (Lipinski definition) is 0. The zero-order valence-electron chi connectivity index (χ0n) is 11.3. The quantitative estimate of drug-likeness (QED) is 0.624. The van der Waals surface area contributed by atoms with E-state index in [4.69, 9.17) is 4.74 Å². The van der Waals surface area contributed by atoms with Gasteiger partial charge in [-0.1, -0.05) is 0 Å². The van der Waals surface area contributed by atoms with Crippen LogP contribution in [-0.2, 0) is 7.05 Å². The van der Waals surface area contributed by atoms with Crippen LogP contribution in [0.1, 0.15) is 21.6 Å². The first kappa shape index (κ1) is 13.1. The maximum atomic E-state index is 12.0. The van der Waals surface area contributed by atoms with Gasteiger partial charge in [-0.05, 0) is 43.3 Å². The second-order valence-corrected chi connectivity index (χ2v) is 4.27. The van der Waals surface area contributed by atoms with Gasteiger partial charge in [-0.25, -0.2) is 0 Å². The van der Waals surface area contributed by atoms with E-state index >= 15 is 0 Å². The Morgan fingerprint density at radius 1 is 1.32 bits per heavy atom. The number of aromatic nitrogens is 2. The Morgan fingerprint density at radius 2 is 2.00 bits per heavy atom. The highest BCUT2D eigenvalue weighted by atomic mass is 16.5. The normalized spacial score (nSPS) is 10.9. The molecule has 0 spiro atoms. The van der Waals surface area contributed by atoms with E-state index < -0.39 is 0 Å². The van der Waals surface area contributed by atoms with Gasteiger partial charge in [-0.2, -0.15) is 5.10 Å². The van der Waals surface area contributed by atoms with Crippen molar-refractivity contribution in [1.29, 1.82) is 0 Å². The second kappa shape index (κ2) is 5.52. The van der Waals surface area contributed by atoms with Gasteiger partial charge in [0.15, 0.2) is 5.78 Å². The van der Waals surface area contributed by atoms with E-state index in [-0.39, 0.29) is 5.78 Å². The molecule has 0 aliphatic rings. The summed E-state index contributed by atoms with van der Waals surface area (Å²) in [6.07, 6.45) is 5.23. The number of hydrogen-bond acceptors (Lipinski definition) is 3. The van der Waals surface area contributed by atoms with Crippen molar-refractivity contribution in [2.45, 2.75) is 6.92 Å². The molecule has 0 radical (unpaired) electrons. The number of ether oxygens (including phenoxy) is 1. The van der Waals surface area contributed by atoms with Crippen LogP contribution in [0.25, 0.3) is 6.08 Å². The minimum Gasteiger partial charge on any atom is -0.497 e. The molecule has 4 nitrogen and oxygen atoms in total. The maximum absolute atomic E-state index is 12.0. The molecule has 0 aliphatic heterocycles. The average Bonchev–Trinajstić information content (AvgIpc) is 2.74. The molecule has 4 heteroatoms. The van der Waals surface area contributed by atoms with Crippen LogP contribution in [0.4, 0.5) is 0 Å². The fourth-order valence-electron chi connectivity index (χ4n) is 1.80.